The summed E-state index contributed by atoms with van der Waals surface area (Å²) in [5.74, 6) is 3.57. The zero-order valence-corrected chi connectivity index (χ0v) is 13.8. The number of aryl methyl sites for hydroxylation is 2. The minimum atomic E-state index is 0.249. The maximum atomic E-state index is 8.80. The Morgan fingerprint density at radius 2 is 2.10 bits per heavy atom. The number of nitrogens with one attached hydrogen (secondary N) is 1. The van der Waals surface area contributed by atoms with Gasteiger partial charge in [-0.2, -0.15) is 11.8 Å². The highest BCUT2D eigenvalue weighted by molar-refractivity contribution is 7.98. The van der Waals surface area contributed by atoms with Crippen molar-refractivity contribution in [3.05, 3.63) is 16.3 Å². The number of rotatable bonds is 7. The van der Waals surface area contributed by atoms with Crippen LogP contribution in [0.4, 0.5) is 5.82 Å². The number of aliphatic hydroxyl groups excluding tert-OH is 1. The summed E-state index contributed by atoms with van der Waals surface area (Å²) in [7, 11) is 0. The molecule has 20 heavy (non-hydrogen) atoms. The molecule has 0 bridgehead atoms. The van der Waals surface area contributed by atoms with Gasteiger partial charge in [0.1, 0.15) is 16.5 Å². The van der Waals surface area contributed by atoms with Crippen LogP contribution in [0.25, 0.3) is 10.2 Å². The molecule has 2 aromatic rings. The average Bonchev–Trinajstić information content (AvgIpc) is 2.71. The van der Waals surface area contributed by atoms with Crippen molar-refractivity contribution in [2.24, 2.45) is 0 Å². The van der Waals surface area contributed by atoms with Gasteiger partial charge in [0.2, 0.25) is 0 Å². The summed E-state index contributed by atoms with van der Waals surface area (Å²) in [4.78, 5) is 11.7. The highest BCUT2D eigenvalue weighted by Crippen LogP contribution is 2.33. The van der Waals surface area contributed by atoms with Crippen LogP contribution in [-0.4, -0.2) is 34.0 Å². The van der Waals surface area contributed by atoms with Crippen molar-refractivity contribution in [2.75, 3.05) is 24.2 Å². The van der Waals surface area contributed by atoms with E-state index in [1.54, 1.807) is 23.1 Å². The number of aliphatic hydroxyl groups is 1. The molecule has 2 aromatic heterocycles. The van der Waals surface area contributed by atoms with E-state index in [4.69, 9.17) is 5.11 Å². The van der Waals surface area contributed by atoms with E-state index in [0.29, 0.717) is 0 Å². The molecule has 4 nitrogen and oxygen atoms in total. The lowest BCUT2D eigenvalue weighted by Crippen LogP contribution is -2.04. The molecule has 0 aliphatic heterocycles. The Morgan fingerprint density at radius 3 is 2.80 bits per heavy atom. The van der Waals surface area contributed by atoms with Gasteiger partial charge < -0.3 is 10.4 Å². The molecule has 0 fully saturated rings. The molecule has 0 radical (unpaired) electrons. The van der Waals surface area contributed by atoms with Crippen LogP contribution < -0.4 is 5.32 Å². The molecule has 110 valence electrons. The zero-order chi connectivity index (χ0) is 14.5. The molecule has 2 heterocycles. The lowest BCUT2D eigenvalue weighted by Gasteiger charge is -2.08. The van der Waals surface area contributed by atoms with Crippen LogP contribution in [0, 0.1) is 13.8 Å². The van der Waals surface area contributed by atoms with E-state index >= 15 is 0 Å². The first-order valence-corrected chi connectivity index (χ1v) is 8.83. The van der Waals surface area contributed by atoms with Crippen molar-refractivity contribution in [3.8, 4) is 0 Å². The molecule has 0 aliphatic rings. The summed E-state index contributed by atoms with van der Waals surface area (Å²) in [6.07, 6.45) is 0.824. The monoisotopic (exact) mass is 311 g/mol. The Bertz CT molecular complexity index is 583. The first-order valence-electron chi connectivity index (χ1n) is 6.86. The van der Waals surface area contributed by atoms with Gasteiger partial charge in [0, 0.05) is 18.0 Å². The lowest BCUT2D eigenvalue weighted by molar-refractivity contribution is 0.296. The van der Waals surface area contributed by atoms with E-state index in [1.807, 2.05) is 0 Å². The highest BCUT2D eigenvalue weighted by Gasteiger charge is 2.14. The third-order valence-corrected chi connectivity index (χ3v) is 5.24. The number of thiophene rings is 1. The zero-order valence-electron chi connectivity index (χ0n) is 12.2. The lowest BCUT2D eigenvalue weighted by atomic mass is 10.2. The van der Waals surface area contributed by atoms with Gasteiger partial charge in [-0.3, -0.25) is 0 Å². The molecule has 0 aromatic carbocycles. The van der Waals surface area contributed by atoms with E-state index in [1.165, 1.54) is 15.8 Å². The van der Waals surface area contributed by atoms with Crippen molar-refractivity contribution in [3.63, 3.8) is 0 Å². The number of fused-ring (bicyclic) bond motifs is 1. The second kappa shape index (κ2) is 7.24. The summed E-state index contributed by atoms with van der Waals surface area (Å²) in [6, 6.07) is 0. The Balaban J connectivity index is 2.28. The molecule has 0 saturated heterocycles. The SMILES string of the molecule is CCNc1nc(CSCCCO)nc2sc(C)c(C)c12. The van der Waals surface area contributed by atoms with E-state index in [-0.39, 0.29) is 6.61 Å². The molecule has 2 N–H and O–H groups in total. The van der Waals surface area contributed by atoms with Crippen LogP contribution in [0.3, 0.4) is 0 Å². The quantitative estimate of drug-likeness (QED) is 0.768. The van der Waals surface area contributed by atoms with Gasteiger partial charge in [0.25, 0.3) is 0 Å². The Labute approximate surface area is 128 Å². The van der Waals surface area contributed by atoms with Gasteiger partial charge in [-0.15, -0.1) is 11.3 Å². The predicted molar refractivity (Wildman–Crippen MR) is 88.9 cm³/mol. The fourth-order valence-electron chi connectivity index (χ4n) is 1.98. The van der Waals surface area contributed by atoms with Gasteiger partial charge in [0.05, 0.1) is 11.1 Å². The minimum Gasteiger partial charge on any atom is -0.396 e. The molecule has 0 amide bonds. The minimum absolute atomic E-state index is 0.249. The van der Waals surface area contributed by atoms with E-state index in [2.05, 4.69) is 36.1 Å². The van der Waals surface area contributed by atoms with Gasteiger partial charge in [-0.25, -0.2) is 9.97 Å². The molecule has 6 heteroatoms. The molecular weight excluding hydrogens is 290 g/mol. The van der Waals surface area contributed by atoms with Crippen molar-refractivity contribution < 1.29 is 5.11 Å². The van der Waals surface area contributed by atoms with E-state index in [9.17, 15) is 0 Å². The van der Waals surface area contributed by atoms with Crippen LogP contribution in [0.1, 0.15) is 29.6 Å². The smallest absolute Gasteiger partial charge is 0.142 e. The summed E-state index contributed by atoms with van der Waals surface area (Å²) >= 11 is 3.51. The second-order valence-electron chi connectivity index (χ2n) is 4.61. The molecular formula is C14H21N3OS2. The van der Waals surface area contributed by atoms with Crippen molar-refractivity contribution in [1.29, 1.82) is 0 Å². The number of thioether (sulfide) groups is 1. The predicted octanol–water partition coefficient (Wildman–Crippen LogP) is 3.36. The van der Waals surface area contributed by atoms with Crippen molar-refractivity contribution in [1.82, 2.24) is 9.97 Å². The normalized spacial score (nSPS) is 11.2. The molecule has 0 unspecified atom stereocenters. The van der Waals surface area contributed by atoms with Gasteiger partial charge in [-0.05, 0) is 38.5 Å². The number of nitrogens with zero attached hydrogens (tertiary/aromatic N) is 2. The number of hydrogen-bond donors (Lipinski definition) is 2. The summed E-state index contributed by atoms with van der Waals surface area (Å²) < 4.78 is 0. The topological polar surface area (TPSA) is 58.0 Å². The largest absolute Gasteiger partial charge is 0.396 e. The standard InChI is InChI=1S/C14H21N3OS2/c1-4-15-13-12-9(2)10(3)20-14(12)17-11(16-13)8-19-7-5-6-18/h18H,4-8H2,1-3H3,(H,15,16,17). The summed E-state index contributed by atoms with van der Waals surface area (Å²) in [5.41, 5.74) is 1.28. The maximum absolute atomic E-state index is 8.80. The number of anilines is 1. The van der Waals surface area contributed by atoms with Crippen LogP contribution in [-0.2, 0) is 5.75 Å². The van der Waals surface area contributed by atoms with Crippen LogP contribution in [0.2, 0.25) is 0 Å². The Hall–Kier alpha value is -0.850. The summed E-state index contributed by atoms with van der Waals surface area (Å²) in [6.45, 7) is 7.45. The molecule has 0 atom stereocenters. The summed E-state index contributed by atoms with van der Waals surface area (Å²) in [5, 5.41) is 13.3. The van der Waals surface area contributed by atoms with Crippen molar-refractivity contribution in [2.45, 2.75) is 32.9 Å². The first kappa shape index (κ1) is 15.5. The third-order valence-electron chi connectivity index (χ3n) is 3.10. The van der Waals surface area contributed by atoms with Gasteiger partial charge >= 0.3 is 0 Å². The fraction of sp³-hybridized carbons (Fsp3) is 0.571. The number of aromatic nitrogens is 2. The highest BCUT2D eigenvalue weighted by atomic mass is 32.2. The molecule has 0 spiro atoms. The average molecular weight is 311 g/mol. The fourth-order valence-corrected chi connectivity index (χ4v) is 3.82. The van der Waals surface area contributed by atoms with Crippen LogP contribution in [0.15, 0.2) is 0 Å². The molecule has 2 rings (SSSR count). The molecule has 0 saturated carbocycles. The van der Waals surface area contributed by atoms with E-state index < -0.39 is 0 Å². The molecule has 0 aliphatic carbocycles. The van der Waals surface area contributed by atoms with E-state index in [0.717, 1.165) is 40.9 Å². The number of hydrogen-bond acceptors (Lipinski definition) is 6. The van der Waals surface area contributed by atoms with Crippen LogP contribution in [0.5, 0.6) is 0 Å². The Morgan fingerprint density at radius 1 is 1.30 bits per heavy atom. The third kappa shape index (κ3) is 3.42. The maximum Gasteiger partial charge on any atom is 0.142 e. The van der Waals surface area contributed by atoms with Crippen molar-refractivity contribution >= 4 is 39.1 Å². The van der Waals surface area contributed by atoms with Gasteiger partial charge in [0.15, 0.2) is 0 Å². The van der Waals surface area contributed by atoms with Crippen LogP contribution >= 0.6 is 23.1 Å². The van der Waals surface area contributed by atoms with Gasteiger partial charge in [-0.1, -0.05) is 0 Å². The Kier molecular flexibility index (Phi) is 5.63. The first-order chi connectivity index (χ1) is 9.67. The second-order valence-corrected chi connectivity index (χ2v) is 6.92.